The average molecular weight is 629 g/mol. The van der Waals surface area contributed by atoms with Gasteiger partial charge < -0.3 is 51.2 Å². The normalized spacial score (nSPS) is 26.6. The summed E-state index contributed by atoms with van der Waals surface area (Å²) in [6, 6.07) is 0.443. The number of benzene rings is 1. The minimum absolute atomic E-state index is 0.0125. The molecule has 0 aliphatic carbocycles. The average Bonchev–Trinajstić information content (AvgIpc) is 2.98. The molecule has 246 valence electrons. The van der Waals surface area contributed by atoms with Gasteiger partial charge in [0.2, 0.25) is 0 Å². The van der Waals surface area contributed by atoms with Crippen LogP contribution in [-0.2, 0) is 19.0 Å². The molecule has 0 saturated carbocycles. The zero-order valence-electron chi connectivity index (χ0n) is 26.4. The first kappa shape index (κ1) is 36.6. The fourth-order valence-electron chi connectivity index (χ4n) is 4.73. The van der Waals surface area contributed by atoms with Crippen LogP contribution >= 0.6 is 0 Å². The Balaban J connectivity index is 2.75. The van der Waals surface area contributed by atoms with Gasteiger partial charge in [-0.15, -0.1) is 6.58 Å². The van der Waals surface area contributed by atoms with E-state index in [9.17, 15) is 29.7 Å². The summed E-state index contributed by atoms with van der Waals surface area (Å²) >= 11 is 0. The first-order valence-corrected chi connectivity index (χ1v) is 14.2. The second kappa shape index (κ2) is 17.0. The highest BCUT2D eigenvalue weighted by Gasteiger charge is 2.29. The zero-order valence-corrected chi connectivity index (χ0v) is 26.4. The molecule has 1 aromatic carbocycles. The molecule has 1 aromatic rings. The fourth-order valence-corrected chi connectivity index (χ4v) is 4.73. The van der Waals surface area contributed by atoms with E-state index in [1.54, 1.807) is 32.9 Å². The van der Waals surface area contributed by atoms with E-state index in [1.807, 2.05) is 0 Å². The molecular formula is C32H44N4O9. The first-order chi connectivity index (χ1) is 21.2. The van der Waals surface area contributed by atoms with Crippen LogP contribution in [0.2, 0.25) is 0 Å². The van der Waals surface area contributed by atoms with Gasteiger partial charge in [-0.1, -0.05) is 42.9 Å². The minimum atomic E-state index is -1.04. The van der Waals surface area contributed by atoms with Crippen molar-refractivity contribution >= 4 is 35.5 Å². The fraction of sp³-hybridized carbons (Fsp3) is 0.406. The first-order valence-electron chi connectivity index (χ1n) is 14.2. The Morgan fingerprint density at radius 2 is 1.89 bits per heavy atom. The number of hydrogen-bond donors (Lipinski definition) is 7. The van der Waals surface area contributed by atoms with Gasteiger partial charge in [0.1, 0.15) is 17.6 Å². The van der Waals surface area contributed by atoms with E-state index in [2.05, 4.69) is 22.5 Å². The lowest BCUT2D eigenvalue weighted by Gasteiger charge is -2.28. The molecule has 13 nitrogen and oxygen atoms in total. The number of primary amides is 1. The van der Waals surface area contributed by atoms with E-state index in [1.165, 1.54) is 45.4 Å². The number of urea groups is 1. The number of amides is 4. The van der Waals surface area contributed by atoms with Crippen molar-refractivity contribution in [2.24, 2.45) is 11.7 Å². The van der Waals surface area contributed by atoms with Crippen LogP contribution in [0.25, 0.3) is 6.08 Å². The van der Waals surface area contributed by atoms with E-state index < -0.39 is 59.9 Å². The van der Waals surface area contributed by atoms with Crippen LogP contribution in [0.15, 0.2) is 59.7 Å². The molecule has 0 saturated heterocycles. The van der Waals surface area contributed by atoms with Gasteiger partial charge in [-0.25, -0.2) is 9.59 Å². The Bertz CT molecular complexity index is 1380. The second-order valence-electron chi connectivity index (χ2n) is 10.7. The van der Waals surface area contributed by atoms with Crippen LogP contribution in [0.1, 0.15) is 39.7 Å². The summed E-state index contributed by atoms with van der Waals surface area (Å²) in [6.45, 7) is 10.4. The highest BCUT2D eigenvalue weighted by molar-refractivity contribution is 6.06. The summed E-state index contributed by atoms with van der Waals surface area (Å²) in [6.07, 6.45) is 4.91. The summed E-state index contributed by atoms with van der Waals surface area (Å²) in [7, 11) is 2.86. The number of allylic oxidation sites excluding steroid dienone is 2. The molecule has 0 radical (unpaired) electrons. The lowest BCUT2D eigenvalue weighted by Crippen LogP contribution is -2.36. The maximum atomic E-state index is 13.1. The quantitative estimate of drug-likeness (QED) is 0.138. The van der Waals surface area contributed by atoms with Gasteiger partial charge in [0, 0.05) is 43.9 Å². The number of aliphatic hydroxyl groups is 1. The van der Waals surface area contributed by atoms with E-state index in [4.69, 9.17) is 19.9 Å². The lowest BCUT2D eigenvalue weighted by molar-refractivity contribution is -0.112. The van der Waals surface area contributed by atoms with Crippen LogP contribution in [0.5, 0.6) is 11.5 Å². The lowest BCUT2D eigenvalue weighted by atomic mass is 9.91. The maximum Gasteiger partial charge on any atom is 0.405 e. The predicted octanol–water partition coefficient (Wildman–Crippen LogP) is 4.09. The van der Waals surface area contributed by atoms with Gasteiger partial charge in [0.05, 0.1) is 23.6 Å². The molecular weight excluding hydrogens is 584 g/mol. The topological polar surface area (TPSA) is 202 Å². The number of carbonyl (C=O) groups is 3. The maximum absolute atomic E-state index is 13.1. The number of aliphatic hydroxyl groups excluding tert-OH is 1. The molecule has 0 spiro atoms. The molecule has 45 heavy (non-hydrogen) atoms. The molecule has 1 heterocycles. The van der Waals surface area contributed by atoms with Crippen molar-refractivity contribution in [1.29, 1.82) is 0 Å². The Kier molecular flexibility index (Phi) is 13.9. The number of nitrogens with one attached hydrogen (secondary N) is 3. The monoisotopic (exact) mass is 628 g/mol. The number of nitrogens with two attached hydrogens (primary N) is 1. The molecule has 1 aliphatic rings. The minimum Gasteiger partial charge on any atom is -0.506 e. The Morgan fingerprint density at radius 3 is 2.49 bits per heavy atom. The van der Waals surface area contributed by atoms with Crippen molar-refractivity contribution in [2.45, 2.75) is 58.5 Å². The largest absolute Gasteiger partial charge is 0.506 e. The molecule has 0 fully saturated rings. The van der Waals surface area contributed by atoms with Crippen molar-refractivity contribution in [3.05, 3.63) is 65.3 Å². The van der Waals surface area contributed by atoms with Gasteiger partial charge >= 0.3 is 12.1 Å². The third-order valence-electron chi connectivity index (χ3n) is 7.14. The number of aromatic hydroxyl groups is 2. The van der Waals surface area contributed by atoms with Crippen molar-refractivity contribution in [3.63, 3.8) is 0 Å². The SMILES string of the molecule is C=CCNC(=O)Nc1c(O)cc2c(O)c1/C=C(\C)C[C@H](OC)[C@H](O)[C@@H](C)/C=C(\C)[C@H](OC(N)=O)[C@@H](OC)C=C/C=C(\C)C(=O)N2. The van der Waals surface area contributed by atoms with E-state index in [0.29, 0.717) is 11.1 Å². The number of rotatable bonds is 6. The molecule has 5 atom stereocenters. The van der Waals surface area contributed by atoms with E-state index >= 15 is 0 Å². The molecule has 0 unspecified atom stereocenters. The molecule has 4 amide bonds. The highest BCUT2D eigenvalue weighted by Crippen LogP contribution is 2.42. The molecule has 8 N–H and O–H groups in total. The Morgan fingerprint density at radius 1 is 1.20 bits per heavy atom. The van der Waals surface area contributed by atoms with Crippen LogP contribution in [0.3, 0.4) is 0 Å². The molecule has 13 heteroatoms. The number of hydrogen-bond acceptors (Lipinski definition) is 9. The Hall–Kier alpha value is -4.59. The second-order valence-corrected chi connectivity index (χ2v) is 10.7. The smallest absolute Gasteiger partial charge is 0.405 e. The molecule has 0 aromatic heterocycles. The summed E-state index contributed by atoms with van der Waals surface area (Å²) in [5, 5.41) is 41.0. The van der Waals surface area contributed by atoms with Gasteiger partial charge in [0.25, 0.3) is 5.91 Å². The predicted molar refractivity (Wildman–Crippen MR) is 172 cm³/mol. The standard InChI is InChI=1S/C32H44N4O9/c1-8-12-34-32(42)36-26-21-13-17(2)14-25(44-7)27(38)19(4)15-20(5)29(45-31(33)41)24(43-6)11-9-10-18(3)30(40)35-22(28(21)39)16-23(26)37/h8-11,13,15-16,19,24-25,27,29,37-39H,1,12,14H2,2-7H3,(H2,33,41)(H,35,40)(H2,34,36,42)/b11-9?,17-13+,18-10+,20-15+/t19-,24-,25-,27+,29-/m0/s1. The molecule has 2 bridgehead atoms. The third-order valence-corrected chi connectivity index (χ3v) is 7.14. The van der Waals surface area contributed by atoms with Crippen molar-refractivity contribution in [1.82, 2.24) is 5.32 Å². The number of ether oxygens (including phenoxy) is 3. The third kappa shape index (κ3) is 10.2. The summed E-state index contributed by atoms with van der Waals surface area (Å²) in [5.41, 5.74) is 6.49. The highest BCUT2D eigenvalue weighted by atomic mass is 16.6. The summed E-state index contributed by atoms with van der Waals surface area (Å²) in [5.74, 6) is -1.95. The number of fused-ring (bicyclic) bond motifs is 2. The van der Waals surface area contributed by atoms with Crippen LogP contribution in [0, 0.1) is 5.92 Å². The zero-order chi connectivity index (χ0) is 33.8. The van der Waals surface area contributed by atoms with Gasteiger partial charge in [-0.2, -0.15) is 0 Å². The number of phenolic OH excluding ortho intramolecular Hbond substituents is 2. The van der Waals surface area contributed by atoms with Crippen molar-refractivity contribution in [2.75, 3.05) is 31.4 Å². The van der Waals surface area contributed by atoms with Gasteiger partial charge in [-0.3, -0.25) is 4.79 Å². The van der Waals surface area contributed by atoms with E-state index in [-0.39, 0.29) is 35.5 Å². The van der Waals surface area contributed by atoms with Crippen molar-refractivity contribution < 1.29 is 43.9 Å². The number of methoxy groups -OCH3 is 2. The molecule has 2 rings (SSSR count). The van der Waals surface area contributed by atoms with Crippen molar-refractivity contribution in [3.8, 4) is 11.5 Å². The Labute approximate surface area is 263 Å². The number of carbonyl (C=O) groups excluding carboxylic acids is 3. The number of anilines is 2. The van der Waals surface area contributed by atoms with Crippen LogP contribution < -0.4 is 21.7 Å². The van der Waals surface area contributed by atoms with Gasteiger partial charge in [-0.05, 0) is 38.8 Å². The van der Waals surface area contributed by atoms with Crippen LogP contribution in [-0.4, -0.2) is 78.5 Å². The summed E-state index contributed by atoms with van der Waals surface area (Å²) < 4.78 is 16.5. The van der Waals surface area contributed by atoms with E-state index in [0.717, 1.165) is 6.07 Å². The summed E-state index contributed by atoms with van der Waals surface area (Å²) in [4.78, 5) is 37.3. The van der Waals surface area contributed by atoms with Gasteiger partial charge in [0.15, 0.2) is 6.10 Å². The number of phenols is 2. The van der Waals surface area contributed by atoms with Crippen LogP contribution in [0.4, 0.5) is 21.0 Å². The molecule has 1 aliphatic heterocycles.